The summed E-state index contributed by atoms with van der Waals surface area (Å²) >= 11 is 19.4. The van der Waals surface area contributed by atoms with Crippen LogP contribution in [0.1, 0.15) is 11.7 Å². The smallest absolute Gasteiger partial charge is 0.144 e. The minimum Gasteiger partial charge on any atom is -0.482 e. The Morgan fingerprint density at radius 3 is 2.78 bits per heavy atom. The molecule has 94 valence electrons. The van der Waals surface area contributed by atoms with E-state index in [4.69, 9.17) is 39.5 Å². The van der Waals surface area contributed by atoms with Crippen molar-refractivity contribution in [1.29, 1.82) is 0 Å². The second-order valence-electron chi connectivity index (χ2n) is 3.91. The summed E-state index contributed by atoms with van der Waals surface area (Å²) in [5.41, 5.74) is 1.85. The molecule has 0 aliphatic carbocycles. The Kier molecular flexibility index (Phi) is 3.32. The molecule has 2 aromatic rings. The van der Waals surface area contributed by atoms with Crippen LogP contribution in [0.2, 0.25) is 13.7 Å². The standard InChI is InChI=1S/C12H8Cl3NOS/c13-6-1-2-8-9(3-6)17-10(5-16-8)7-4-11(14)18-12(7)15/h1-4,10,16H,5H2. The van der Waals surface area contributed by atoms with Crippen molar-refractivity contribution in [3.8, 4) is 5.75 Å². The van der Waals surface area contributed by atoms with Crippen molar-refractivity contribution >= 4 is 51.8 Å². The molecule has 1 aliphatic rings. The van der Waals surface area contributed by atoms with Crippen LogP contribution >= 0.6 is 46.1 Å². The van der Waals surface area contributed by atoms with E-state index < -0.39 is 0 Å². The van der Waals surface area contributed by atoms with E-state index in [0.717, 1.165) is 17.0 Å². The number of hydrogen-bond acceptors (Lipinski definition) is 3. The van der Waals surface area contributed by atoms with Gasteiger partial charge in [0.05, 0.1) is 16.6 Å². The Hall–Kier alpha value is -0.610. The van der Waals surface area contributed by atoms with E-state index in [1.54, 1.807) is 6.07 Å². The molecule has 0 radical (unpaired) electrons. The van der Waals surface area contributed by atoms with E-state index in [-0.39, 0.29) is 6.10 Å². The van der Waals surface area contributed by atoms with Crippen molar-refractivity contribution in [3.05, 3.63) is 43.5 Å². The molecule has 6 heteroatoms. The summed E-state index contributed by atoms with van der Waals surface area (Å²) in [7, 11) is 0. The van der Waals surface area contributed by atoms with Gasteiger partial charge in [-0.1, -0.05) is 34.8 Å². The Morgan fingerprint density at radius 2 is 2.06 bits per heavy atom. The lowest BCUT2D eigenvalue weighted by Gasteiger charge is -2.27. The van der Waals surface area contributed by atoms with E-state index in [2.05, 4.69) is 5.32 Å². The zero-order chi connectivity index (χ0) is 12.7. The molecule has 0 spiro atoms. The van der Waals surface area contributed by atoms with Crippen molar-refractivity contribution in [2.45, 2.75) is 6.10 Å². The number of halogens is 3. The van der Waals surface area contributed by atoms with Crippen LogP contribution in [0.4, 0.5) is 5.69 Å². The van der Waals surface area contributed by atoms with Gasteiger partial charge in [0.15, 0.2) is 0 Å². The molecule has 0 saturated carbocycles. The number of anilines is 1. The van der Waals surface area contributed by atoms with Gasteiger partial charge in [0.25, 0.3) is 0 Å². The third-order valence-electron chi connectivity index (χ3n) is 2.72. The summed E-state index contributed by atoms with van der Waals surface area (Å²) in [6, 6.07) is 7.36. The fourth-order valence-electron chi connectivity index (χ4n) is 1.88. The maximum Gasteiger partial charge on any atom is 0.144 e. The van der Waals surface area contributed by atoms with Gasteiger partial charge in [-0.15, -0.1) is 11.3 Å². The predicted molar refractivity (Wildman–Crippen MR) is 77.6 cm³/mol. The minimum absolute atomic E-state index is 0.146. The number of rotatable bonds is 1. The third kappa shape index (κ3) is 2.28. The number of benzene rings is 1. The SMILES string of the molecule is Clc1ccc2c(c1)OC(c1cc(Cl)sc1Cl)CN2. The Labute approximate surface area is 123 Å². The molecule has 0 bridgehead atoms. The largest absolute Gasteiger partial charge is 0.482 e. The predicted octanol–water partition coefficient (Wildman–Crippen LogP) is 5.25. The monoisotopic (exact) mass is 319 g/mol. The summed E-state index contributed by atoms with van der Waals surface area (Å²) in [4.78, 5) is 0. The molecule has 1 N–H and O–H groups in total. The Morgan fingerprint density at radius 1 is 1.22 bits per heavy atom. The third-order valence-corrected chi connectivity index (χ3v) is 4.47. The van der Waals surface area contributed by atoms with E-state index in [9.17, 15) is 0 Å². The Bertz CT molecular complexity index is 599. The molecule has 18 heavy (non-hydrogen) atoms. The number of nitrogens with one attached hydrogen (secondary N) is 1. The van der Waals surface area contributed by atoms with Gasteiger partial charge in [-0.25, -0.2) is 0 Å². The van der Waals surface area contributed by atoms with E-state index in [0.29, 0.717) is 20.2 Å². The molecule has 0 fully saturated rings. The number of thiophene rings is 1. The number of fused-ring (bicyclic) bond motifs is 1. The first-order valence-corrected chi connectivity index (χ1v) is 7.23. The lowest BCUT2D eigenvalue weighted by Crippen LogP contribution is -2.23. The average molecular weight is 321 g/mol. The summed E-state index contributed by atoms with van der Waals surface area (Å²) in [6.07, 6.45) is -0.146. The summed E-state index contributed by atoms with van der Waals surface area (Å²) in [6.45, 7) is 0.654. The number of ether oxygens (including phenoxy) is 1. The molecule has 2 heterocycles. The van der Waals surface area contributed by atoms with E-state index >= 15 is 0 Å². The molecule has 1 unspecified atom stereocenters. The van der Waals surface area contributed by atoms with Gasteiger partial charge in [0, 0.05) is 16.7 Å². The molecule has 2 nitrogen and oxygen atoms in total. The first-order valence-electron chi connectivity index (χ1n) is 5.28. The molecular formula is C12H8Cl3NOS. The van der Waals surface area contributed by atoms with Crippen molar-refractivity contribution in [3.63, 3.8) is 0 Å². The zero-order valence-electron chi connectivity index (χ0n) is 9.04. The minimum atomic E-state index is -0.146. The Balaban J connectivity index is 1.92. The van der Waals surface area contributed by atoms with Crippen molar-refractivity contribution in [2.24, 2.45) is 0 Å². The highest BCUT2D eigenvalue weighted by atomic mass is 35.5. The van der Waals surface area contributed by atoms with E-state index in [1.165, 1.54) is 11.3 Å². The molecule has 3 rings (SSSR count). The van der Waals surface area contributed by atoms with Crippen LogP contribution in [0.5, 0.6) is 5.75 Å². The van der Waals surface area contributed by atoms with Crippen LogP contribution in [-0.4, -0.2) is 6.54 Å². The highest BCUT2D eigenvalue weighted by molar-refractivity contribution is 7.20. The fourth-order valence-corrected chi connectivity index (χ4v) is 3.60. The average Bonchev–Trinajstić information content (AvgIpc) is 2.67. The van der Waals surface area contributed by atoms with Gasteiger partial charge in [-0.3, -0.25) is 0 Å². The van der Waals surface area contributed by atoms with Crippen molar-refractivity contribution in [1.82, 2.24) is 0 Å². The zero-order valence-corrected chi connectivity index (χ0v) is 12.1. The van der Waals surface area contributed by atoms with Gasteiger partial charge in [-0.05, 0) is 18.2 Å². The second-order valence-corrected chi connectivity index (χ2v) is 6.63. The molecule has 1 atom stereocenters. The number of hydrogen-bond donors (Lipinski definition) is 1. The lowest BCUT2D eigenvalue weighted by atomic mass is 10.1. The van der Waals surface area contributed by atoms with Gasteiger partial charge in [-0.2, -0.15) is 0 Å². The van der Waals surface area contributed by atoms with Crippen LogP contribution in [0.3, 0.4) is 0 Å². The second kappa shape index (κ2) is 4.82. The maximum atomic E-state index is 6.14. The van der Waals surface area contributed by atoms with Crippen molar-refractivity contribution < 1.29 is 4.74 Å². The van der Waals surface area contributed by atoms with Crippen LogP contribution in [0.25, 0.3) is 0 Å². The van der Waals surface area contributed by atoms with Gasteiger partial charge in [0.2, 0.25) is 0 Å². The van der Waals surface area contributed by atoms with Crippen LogP contribution in [-0.2, 0) is 0 Å². The van der Waals surface area contributed by atoms with Crippen LogP contribution in [0.15, 0.2) is 24.3 Å². The molecule has 1 aliphatic heterocycles. The topological polar surface area (TPSA) is 21.3 Å². The summed E-state index contributed by atoms with van der Waals surface area (Å²) in [5, 5.41) is 3.94. The van der Waals surface area contributed by atoms with Gasteiger partial charge in [0.1, 0.15) is 16.2 Å². The molecule has 1 aromatic carbocycles. The quantitative estimate of drug-likeness (QED) is 0.774. The highest BCUT2D eigenvalue weighted by Crippen LogP contribution is 2.41. The van der Waals surface area contributed by atoms with Gasteiger partial charge >= 0.3 is 0 Å². The normalized spacial score (nSPS) is 17.8. The van der Waals surface area contributed by atoms with E-state index in [1.807, 2.05) is 18.2 Å². The molecular weight excluding hydrogens is 313 g/mol. The van der Waals surface area contributed by atoms with Gasteiger partial charge < -0.3 is 10.1 Å². The fraction of sp³-hybridized carbons (Fsp3) is 0.167. The molecule has 0 saturated heterocycles. The highest BCUT2D eigenvalue weighted by Gasteiger charge is 2.24. The van der Waals surface area contributed by atoms with Crippen LogP contribution in [0, 0.1) is 0 Å². The first kappa shape index (κ1) is 12.4. The summed E-state index contributed by atoms with van der Waals surface area (Å²) < 4.78 is 7.24. The first-order chi connectivity index (χ1) is 8.63. The summed E-state index contributed by atoms with van der Waals surface area (Å²) in [5.74, 6) is 0.733. The molecule has 1 aromatic heterocycles. The van der Waals surface area contributed by atoms with Crippen molar-refractivity contribution in [2.75, 3.05) is 11.9 Å². The van der Waals surface area contributed by atoms with Crippen LogP contribution < -0.4 is 10.1 Å². The molecule has 0 amide bonds. The maximum absolute atomic E-state index is 6.14. The lowest BCUT2D eigenvalue weighted by molar-refractivity contribution is 0.211.